The van der Waals surface area contributed by atoms with Crippen LogP contribution in [0.3, 0.4) is 0 Å². The minimum Gasteiger partial charge on any atom is -0.364 e. The maximum atomic E-state index is 6.28. The third kappa shape index (κ3) is 2.78. The van der Waals surface area contributed by atoms with Gasteiger partial charge in [0.05, 0.1) is 0 Å². The Balaban J connectivity index is 1.94. The molecule has 2 N–H and O–H groups in total. The number of rotatable bonds is 5. The molecule has 1 fully saturated rings. The SMILES string of the molecule is NCc1c(Cl)cccc1N(Cc1ccsc1)C1CC1. The lowest BCUT2D eigenvalue weighted by molar-refractivity contribution is 0.788. The smallest absolute Gasteiger partial charge is 0.0471 e. The van der Waals surface area contributed by atoms with Crippen molar-refractivity contribution in [2.24, 2.45) is 5.73 Å². The van der Waals surface area contributed by atoms with E-state index >= 15 is 0 Å². The molecule has 0 aliphatic heterocycles. The molecule has 1 heterocycles. The van der Waals surface area contributed by atoms with Gasteiger partial charge in [-0.25, -0.2) is 0 Å². The standard InChI is InChI=1S/C15H17ClN2S/c16-14-2-1-3-15(13(14)8-17)18(12-4-5-12)9-11-6-7-19-10-11/h1-3,6-7,10,12H,4-5,8-9,17H2. The first-order chi connectivity index (χ1) is 9.29. The van der Waals surface area contributed by atoms with Crippen molar-refractivity contribution in [2.75, 3.05) is 4.90 Å². The number of hydrogen-bond acceptors (Lipinski definition) is 3. The Hall–Kier alpha value is -1.03. The molecule has 0 radical (unpaired) electrons. The number of thiophene rings is 1. The third-order valence-electron chi connectivity index (χ3n) is 3.53. The minimum atomic E-state index is 0.488. The summed E-state index contributed by atoms with van der Waals surface area (Å²) in [4.78, 5) is 2.45. The largest absolute Gasteiger partial charge is 0.364 e. The summed E-state index contributed by atoms with van der Waals surface area (Å²) in [6.45, 7) is 1.43. The Bertz CT molecular complexity index is 549. The van der Waals surface area contributed by atoms with Gasteiger partial charge in [0.2, 0.25) is 0 Å². The second kappa shape index (κ2) is 5.53. The van der Waals surface area contributed by atoms with Gasteiger partial charge in [0.25, 0.3) is 0 Å². The van der Waals surface area contributed by atoms with Crippen LogP contribution < -0.4 is 10.6 Å². The highest BCUT2D eigenvalue weighted by Gasteiger charge is 2.30. The average Bonchev–Trinajstić information content (AvgIpc) is 3.13. The highest BCUT2D eigenvalue weighted by molar-refractivity contribution is 7.07. The van der Waals surface area contributed by atoms with Crippen LogP contribution in [0.15, 0.2) is 35.0 Å². The fraction of sp³-hybridized carbons (Fsp3) is 0.333. The highest BCUT2D eigenvalue weighted by atomic mass is 35.5. The first-order valence-corrected chi connectivity index (χ1v) is 7.87. The van der Waals surface area contributed by atoms with Crippen LogP contribution in [-0.2, 0) is 13.1 Å². The Kier molecular flexibility index (Phi) is 3.78. The number of halogens is 1. The molecule has 0 amide bonds. The van der Waals surface area contributed by atoms with E-state index in [0.717, 1.165) is 17.1 Å². The molecule has 2 aromatic rings. The van der Waals surface area contributed by atoms with E-state index in [1.165, 1.54) is 24.1 Å². The zero-order valence-corrected chi connectivity index (χ0v) is 12.3. The molecule has 1 saturated carbocycles. The van der Waals surface area contributed by atoms with E-state index in [0.29, 0.717) is 12.6 Å². The third-order valence-corrected chi connectivity index (χ3v) is 4.61. The number of nitrogens with two attached hydrogens (primary N) is 1. The van der Waals surface area contributed by atoms with Crippen LogP contribution >= 0.6 is 22.9 Å². The molecule has 19 heavy (non-hydrogen) atoms. The van der Waals surface area contributed by atoms with E-state index in [1.807, 2.05) is 12.1 Å². The van der Waals surface area contributed by atoms with Gasteiger partial charge in [-0.2, -0.15) is 11.3 Å². The lowest BCUT2D eigenvalue weighted by Gasteiger charge is -2.27. The fourth-order valence-corrected chi connectivity index (χ4v) is 3.30. The van der Waals surface area contributed by atoms with E-state index < -0.39 is 0 Å². The van der Waals surface area contributed by atoms with Gasteiger partial charge in [-0.3, -0.25) is 0 Å². The quantitative estimate of drug-likeness (QED) is 0.901. The second-order valence-electron chi connectivity index (χ2n) is 4.93. The normalized spacial score (nSPS) is 14.6. The molecule has 0 atom stereocenters. The predicted molar refractivity (Wildman–Crippen MR) is 82.9 cm³/mol. The van der Waals surface area contributed by atoms with E-state index in [4.69, 9.17) is 17.3 Å². The van der Waals surface area contributed by atoms with Gasteiger partial charge < -0.3 is 10.6 Å². The first kappa shape index (κ1) is 13.0. The number of hydrogen-bond donors (Lipinski definition) is 1. The molecule has 100 valence electrons. The number of benzene rings is 1. The summed E-state index contributed by atoms with van der Waals surface area (Å²) in [5.74, 6) is 0. The maximum Gasteiger partial charge on any atom is 0.0471 e. The fourth-order valence-electron chi connectivity index (χ4n) is 2.39. The molecule has 4 heteroatoms. The molecule has 1 aliphatic carbocycles. The van der Waals surface area contributed by atoms with E-state index in [2.05, 4.69) is 27.8 Å². The van der Waals surface area contributed by atoms with Gasteiger partial charge in [0, 0.05) is 35.4 Å². The number of anilines is 1. The summed E-state index contributed by atoms with van der Waals surface area (Å²) in [7, 11) is 0. The maximum absolute atomic E-state index is 6.28. The van der Waals surface area contributed by atoms with E-state index in [1.54, 1.807) is 11.3 Å². The van der Waals surface area contributed by atoms with Crippen molar-refractivity contribution in [1.82, 2.24) is 0 Å². The molecular formula is C15H17ClN2S. The molecule has 1 aromatic carbocycles. The van der Waals surface area contributed by atoms with Crippen molar-refractivity contribution in [3.8, 4) is 0 Å². The Labute approximate surface area is 122 Å². The summed E-state index contributed by atoms with van der Waals surface area (Å²) < 4.78 is 0. The zero-order valence-electron chi connectivity index (χ0n) is 10.7. The van der Waals surface area contributed by atoms with Gasteiger partial charge in [0.15, 0.2) is 0 Å². The summed E-state index contributed by atoms with van der Waals surface area (Å²) in [5.41, 5.74) is 9.49. The molecule has 0 unspecified atom stereocenters. The first-order valence-electron chi connectivity index (χ1n) is 6.54. The lowest BCUT2D eigenvalue weighted by Crippen LogP contribution is -2.26. The second-order valence-corrected chi connectivity index (χ2v) is 6.12. The van der Waals surface area contributed by atoms with Crippen LogP contribution in [0, 0.1) is 0 Å². The molecule has 1 aromatic heterocycles. The minimum absolute atomic E-state index is 0.488. The Morgan fingerprint density at radius 3 is 2.79 bits per heavy atom. The van der Waals surface area contributed by atoms with E-state index in [9.17, 15) is 0 Å². The Morgan fingerprint density at radius 1 is 1.32 bits per heavy atom. The summed E-state index contributed by atoms with van der Waals surface area (Å²) in [6.07, 6.45) is 2.53. The summed E-state index contributed by atoms with van der Waals surface area (Å²) >= 11 is 8.02. The molecule has 3 rings (SSSR count). The molecule has 0 saturated heterocycles. The summed E-state index contributed by atoms with van der Waals surface area (Å²) in [5, 5.41) is 5.11. The lowest BCUT2D eigenvalue weighted by atomic mass is 10.1. The van der Waals surface area contributed by atoms with Crippen molar-refractivity contribution in [3.63, 3.8) is 0 Å². The van der Waals surface area contributed by atoms with Crippen LogP contribution in [0.2, 0.25) is 5.02 Å². The number of nitrogens with zero attached hydrogens (tertiary/aromatic N) is 1. The molecular weight excluding hydrogens is 276 g/mol. The van der Waals surface area contributed by atoms with Gasteiger partial charge in [-0.05, 0) is 47.4 Å². The molecule has 2 nitrogen and oxygen atoms in total. The highest BCUT2D eigenvalue weighted by Crippen LogP contribution is 2.37. The van der Waals surface area contributed by atoms with Crippen LogP contribution in [0.5, 0.6) is 0 Å². The van der Waals surface area contributed by atoms with Gasteiger partial charge >= 0.3 is 0 Å². The van der Waals surface area contributed by atoms with Gasteiger partial charge in [-0.15, -0.1) is 0 Å². The van der Waals surface area contributed by atoms with E-state index in [-0.39, 0.29) is 0 Å². The van der Waals surface area contributed by atoms with Crippen molar-refractivity contribution in [2.45, 2.75) is 32.0 Å². The van der Waals surface area contributed by atoms with Gasteiger partial charge in [-0.1, -0.05) is 17.7 Å². The zero-order chi connectivity index (χ0) is 13.2. The summed E-state index contributed by atoms with van der Waals surface area (Å²) in [6, 6.07) is 8.90. The molecule has 0 spiro atoms. The van der Waals surface area contributed by atoms with Gasteiger partial charge in [0.1, 0.15) is 0 Å². The van der Waals surface area contributed by atoms with Crippen molar-refractivity contribution >= 4 is 28.6 Å². The van der Waals surface area contributed by atoms with Crippen molar-refractivity contribution in [3.05, 3.63) is 51.2 Å². The van der Waals surface area contributed by atoms with Crippen molar-refractivity contribution < 1.29 is 0 Å². The molecule has 0 bridgehead atoms. The van der Waals surface area contributed by atoms with Crippen molar-refractivity contribution in [1.29, 1.82) is 0 Å². The average molecular weight is 293 g/mol. The Morgan fingerprint density at radius 2 is 2.16 bits per heavy atom. The topological polar surface area (TPSA) is 29.3 Å². The van der Waals surface area contributed by atoms with Crippen LogP contribution in [-0.4, -0.2) is 6.04 Å². The predicted octanol–water partition coefficient (Wildman–Crippen LogP) is 4.03. The van der Waals surface area contributed by atoms with Crippen LogP contribution in [0.1, 0.15) is 24.0 Å². The van der Waals surface area contributed by atoms with Crippen LogP contribution in [0.4, 0.5) is 5.69 Å². The molecule has 1 aliphatic rings. The monoisotopic (exact) mass is 292 g/mol. The van der Waals surface area contributed by atoms with Crippen LogP contribution in [0.25, 0.3) is 0 Å².